The van der Waals surface area contributed by atoms with Gasteiger partial charge in [-0.25, -0.2) is 0 Å². The van der Waals surface area contributed by atoms with Gasteiger partial charge in [0.25, 0.3) is 0 Å². The van der Waals surface area contributed by atoms with Gasteiger partial charge in [-0.15, -0.1) is 6.42 Å². The van der Waals surface area contributed by atoms with Crippen molar-refractivity contribution in [3.63, 3.8) is 0 Å². The number of benzene rings is 6. The van der Waals surface area contributed by atoms with E-state index in [4.69, 9.17) is 11.2 Å². The lowest BCUT2D eigenvalue weighted by Gasteiger charge is -2.27. The molecule has 3 nitrogen and oxygen atoms in total. The molecule has 0 saturated carbocycles. The van der Waals surface area contributed by atoms with Gasteiger partial charge in [-0.2, -0.15) is 0 Å². The minimum atomic E-state index is 0.249. The van der Waals surface area contributed by atoms with E-state index in [9.17, 15) is 0 Å². The van der Waals surface area contributed by atoms with Crippen LogP contribution in [0.15, 0.2) is 146 Å². The normalized spacial score (nSPS) is 11.4. The zero-order valence-corrected chi connectivity index (χ0v) is 28.2. The molecule has 0 aliphatic heterocycles. The summed E-state index contributed by atoms with van der Waals surface area (Å²) in [7, 11) is 0. The summed E-state index contributed by atoms with van der Waals surface area (Å²) in [6, 6.07) is 52.0. The van der Waals surface area contributed by atoms with Gasteiger partial charge in [0.05, 0.1) is 0 Å². The smallest absolute Gasteiger partial charge is 0.148 e. The van der Waals surface area contributed by atoms with Gasteiger partial charge in [-0.1, -0.05) is 91.6 Å². The molecule has 0 heterocycles. The van der Waals surface area contributed by atoms with Crippen LogP contribution in [0.2, 0.25) is 0 Å². The van der Waals surface area contributed by atoms with Gasteiger partial charge in [-0.3, -0.25) is 0 Å². The first-order valence-electron chi connectivity index (χ1n) is 16.6. The van der Waals surface area contributed by atoms with E-state index >= 15 is 0 Å². The second-order valence-corrected chi connectivity index (χ2v) is 12.3. The molecule has 0 aliphatic rings. The molecule has 0 aliphatic carbocycles. The molecule has 3 heteroatoms. The van der Waals surface area contributed by atoms with Crippen molar-refractivity contribution in [2.45, 2.75) is 40.0 Å². The largest absolute Gasteiger partial charge is 0.481 e. The lowest BCUT2D eigenvalue weighted by molar-refractivity contribution is 0.370. The number of anilines is 6. The van der Waals surface area contributed by atoms with E-state index in [1.807, 2.05) is 12.1 Å². The quantitative estimate of drug-likeness (QED) is 0.133. The molecule has 0 aromatic heterocycles. The summed E-state index contributed by atoms with van der Waals surface area (Å²) in [5.41, 5.74) is 12.8. The molecule has 1 unspecified atom stereocenters. The first kappa shape index (κ1) is 32.2. The predicted molar refractivity (Wildman–Crippen MR) is 204 cm³/mol. The van der Waals surface area contributed by atoms with Crippen LogP contribution in [0.1, 0.15) is 42.9 Å². The first-order chi connectivity index (χ1) is 23.4. The van der Waals surface area contributed by atoms with Gasteiger partial charge in [0, 0.05) is 34.1 Å². The number of rotatable bonds is 11. The molecule has 0 N–H and O–H groups in total. The van der Waals surface area contributed by atoms with Crippen LogP contribution in [-0.2, 0) is 0 Å². The molecule has 0 radical (unpaired) electrons. The lowest BCUT2D eigenvalue weighted by atomic mass is 9.98. The van der Waals surface area contributed by atoms with Gasteiger partial charge >= 0.3 is 0 Å². The van der Waals surface area contributed by atoms with Crippen molar-refractivity contribution in [2.24, 2.45) is 0 Å². The highest BCUT2D eigenvalue weighted by atomic mass is 16.5. The van der Waals surface area contributed by atoms with Crippen LogP contribution < -0.4 is 14.5 Å². The molecule has 6 aromatic carbocycles. The third kappa shape index (κ3) is 7.30. The Balaban J connectivity index is 1.29. The number of hydrogen-bond acceptors (Lipinski definition) is 3. The first-order valence-corrected chi connectivity index (χ1v) is 16.6. The molecule has 48 heavy (non-hydrogen) atoms. The zero-order valence-electron chi connectivity index (χ0n) is 28.2. The molecule has 6 aromatic rings. The molecule has 0 bridgehead atoms. The molecule has 0 amide bonds. The molecular formula is C45H42N2O. The Morgan fingerprint density at radius 3 is 1.21 bits per heavy atom. The van der Waals surface area contributed by atoms with E-state index in [-0.39, 0.29) is 6.61 Å². The Morgan fingerprint density at radius 2 is 0.854 bits per heavy atom. The molecule has 238 valence electrons. The molecular weight excluding hydrogens is 585 g/mol. The Morgan fingerprint density at radius 1 is 0.521 bits per heavy atom. The Labute approximate surface area is 286 Å². The summed E-state index contributed by atoms with van der Waals surface area (Å²) in [6.45, 7) is 9.01. The number of hydrogen-bond donors (Lipinski definition) is 0. The summed E-state index contributed by atoms with van der Waals surface area (Å²) < 4.78 is 5.62. The van der Waals surface area contributed by atoms with Crippen LogP contribution in [0.4, 0.5) is 34.1 Å². The third-order valence-electron chi connectivity index (χ3n) is 8.92. The van der Waals surface area contributed by atoms with Gasteiger partial charge in [0.2, 0.25) is 0 Å². The van der Waals surface area contributed by atoms with Crippen molar-refractivity contribution in [3.05, 3.63) is 162 Å². The molecule has 0 fully saturated rings. The van der Waals surface area contributed by atoms with Crippen LogP contribution in [0, 0.1) is 26.2 Å². The molecule has 6 rings (SSSR count). The van der Waals surface area contributed by atoms with Crippen molar-refractivity contribution in [2.75, 3.05) is 16.4 Å². The second kappa shape index (κ2) is 14.8. The summed E-state index contributed by atoms with van der Waals surface area (Å²) in [5.74, 6) is 3.82. The lowest BCUT2D eigenvalue weighted by Crippen LogP contribution is -2.10. The highest BCUT2D eigenvalue weighted by Gasteiger charge is 2.15. The topological polar surface area (TPSA) is 15.7 Å². The second-order valence-electron chi connectivity index (χ2n) is 12.3. The van der Waals surface area contributed by atoms with Crippen molar-refractivity contribution in [1.29, 1.82) is 0 Å². The third-order valence-corrected chi connectivity index (χ3v) is 8.92. The van der Waals surface area contributed by atoms with E-state index < -0.39 is 0 Å². The van der Waals surface area contributed by atoms with E-state index in [2.05, 4.69) is 177 Å². The Kier molecular flexibility index (Phi) is 9.93. The van der Waals surface area contributed by atoms with Gasteiger partial charge < -0.3 is 14.5 Å². The van der Waals surface area contributed by atoms with Crippen molar-refractivity contribution in [1.82, 2.24) is 0 Å². The van der Waals surface area contributed by atoms with Crippen LogP contribution in [0.25, 0.3) is 11.1 Å². The maximum absolute atomic E-state index is 5.62. The van der Waals surface area contributed by atoms with E-state index in [1.54, 1.807) is 0 Å². The summed E-state index contributed by atoms with van der Waals surface area (Å²) >= 11 is 0. The Bertz CT molecular complexity index is 1950. The highest BCUT2D eigenvalue weighted by Crippen LogP contribution is 2.39. The predicted octanol–water partition coefficient (Wildman–Crippen LogP) is 12.4. The van der Waals surface area contributed by atoms with Crippen molar-refractivity contribution in [3.8, 4) is 29.2 Å². The summed E-state index contributed by atoms with van der Waals surface area (Å²) in [5, 5.41) is 0. The fraction of sp³-hybridized carbons (Fsp3) is 0.156. The van der Waals surface area contributed by atoms with Crippen LogP contribution in [0.3, 0.4) is 0 Å². The molecule has 1 atom stereocenters. The number of nitrogens with zero attached hydrogens (tertiary/aromatic N) is 2. The highest BCUT2D eigenvalue weighted by molar-refractivity contribution is 5.81. The average molecular weight is 627 g/mol. The minimum absolute atomic E-state index is 0.249. The SMILES string of the molecule is C#CCOc1ccc(N(c2ccc(C)cc2)c2ccc(-c3ccc(N(c4ccc(C)cc4)c4ccc(C(C)CC)cc4)cc3)cc2)cc1. The van der Waals surface area contributed by atoms with Crippen LogP contribution in [-0.4, -0.2) is 6.61 Å². The van der Waals surface area contributed by atoms with Crippen LogP contribution in [0.5, 0.6) is 5.75 Å². The van der Waals surface area contributed by atoms with E-state index in [0.29, 0.717) is 5.92 Å². The number of aryl methyl sites for hydroxylation is 2. The molecule has 0 saturated heterocycles. The Hall–Kier alpha value is -5.72. The van der Waals surface area contributed by atoms with Gasteiger partial charge in [0.1, 0.15) is 12.4 Å². The van der Waals surface area contributed by atoms with E-state index in [0.717, 1.165) is 57.4 Å². The minimum Gasteiger partial charge on any atom is -0.481 e. The molecule has 0 spiro atoms. The van der Waals surface area contributed by atoms with Crippen molar-refractivity contribution >= 4 is 34.1 Å². The van der Waals surface area contributed by atoms with Crippen molar-refractivity contribution < 1.29 is 4.74 Å². The van der Waals surface area contributed by atoms with Gasteiger partial charge in [0.15, 0.2) is 0 Å². The summed E-state index contributed by atoms with van der Waals surface area (Å²) in [6.07, 6.45) is 6.51. The standard InChI is InChI=1S/C45H42N2O/c1-6-32-48-45-30-28-44(29-31-45)47(40-20-10-34(4)11-21-40)43-26-16-38(17-27-43)37-14-24-42(25-15-37)46(39-18-8-33(3)9-19-39)41-22-12-36(13-23-41)35(5)7-2/h1,8-31,35H,7,32H2,2-5H3. The monoisotopic (exact) mass is 626 g/mol. The maximum atomic E-state index is 5.62. The van der Waals surface area contributed by atoms with Crippen LogP contribution >= 0.6 is 0 Å². The fourth-order valence-corrected chi connectivity index (χ4v) is 5.89. The maximum Gasteiger partial charge on any atom is 0.148 e. The number of terminal acetylenes is 1. The zero-order chi connectivity index (χ0) is 33.5. The number of ether oxygens (including phenoxy) is 1. The van der Waals surface area contributed by atoms with E-state index in [1.165, 1.54) is 16.7 Å². The van der Waals surface area contributed by atoms with Gasteiger partial charge in [-0.05, 0) is 128 Å². The fourth-order valence-electron chi connectivity index (χ4n) is 5.89. The average Bonchev–Trinajstić information content (AvgIpc) is 3.13. The summed E-state index contributed by atoms with van der Waals surface area (Å²) in [4.78, 5) is 4.58.